The first-order valence-corrected chi connectivity index (χ1v) is 8.22. The van der Waals surface area contributed by atoms with E-state index in [4.69, 9.17) is 0 Å². The number of carbonyl (C=O) groups is 1. The van der Waals surface area contributed by atoms with Crippen LogP contribution in [0.15, 0.2) is 42.7 Å². The monoisotopic (exact) mass is 334 g/mol. The van der Waals surface area contributed by atoms with Gasteiger partial charge in [0.05, 0.1) is 0 Å². The molecule has 1 fully saturated rings. The zero-order valence-electron chi connectivity index (χ0n) is 13.8. The van der Waals surface area contributed by atoms with Crippen LogP contribution >= 0.6 is 0 Å². The minimum absolute atomic E-state index is 0.0286. The summed E-state index contributed by atoms with van der Waals surface area (Å²) in [6.45, 7) is 0. The van der Waals surface area contributed by atoms with Gasteiger partial charge < -0.3 is 15.7 Å². The van der Waals surface area contributed by atoms with Gasteiger partial charge in [-0.3, -0.25) is 4.79 Å². The summed E-state index contributed by atoms with van der Waals surface area (Å²) >= 11 is 0. The summed E-state index contributed by atoms with van der Waals surface area (Å²) in [6, 6.07) is 8.84. The topological polar surface area (TPSA) is 87.1 Å². The molecule has 0 atom stereocenters. The van der Waals surface area contributed by atoms with Crippen molar-refractivity contribution in [1.82, 2.24) is 9.97 Å². The van der Waals surface area contributed by atoms with Crippen molar-refractivity contribution in [2.45, 2.75) is 12.8 Å². The highest BCUT2D eigenvalue weighted by Crippen LogP contribution is 2.34. The van der Waals surface area contributed by atoms with Crippen LogP contribution in [0.3, 0.4) is 0 Å². The number of carbonyl (C=O) groups excluding carboxylic acids is 1. The number of anilines is 2. The smallest absolute Gasteiger partial charge is 0.228 e. The predicted octanol–water partition coefficient (Wildman–Crippen LogP) is 3.39. The van der Waals surface area contributed by atoms with Crippen LogP contribution in [0.2, 0.25) is 0 Å². The van der Waals surface area contributed by atoms with Gasteiger partial charge in [0.1, 0.15) is 17.4 Å². The number of nitrogens with zero attached hydrogens (tertiary/aromatic N) is 2. The summed E-state index contributed by atoms with van der Waals surface area (Å²) in [7, 11) is 1.81. The third kappa shape index (κ3) is 2.98. The zero-order chi connectivity index (χ0) is 17.4. The van der Waals surface area contributed by atoms with Crippen molar-refractivity contribution >= 4 is 28.3 Å². The number of benzene rings is 1. The van der Waals surface area contributed by atoms with E-state index in [2.05, 4.69) is 20.6 Å². The molecule has 0 saturated heterocycles. The fourth-order valence-electron chi connectivity index (χ4n) is 2.85. The second-order valence-electron chi connectivity index (χ2n) is 6.20. The molecule has 3 N–H and O–H groups in total. The molecule has 2 aromatic heterocycles. The quantitative estimate of drug-likeness (QED) is 0.681. The Hall–Kier alpha value is -3.15. The molecule has 1 aromatic carbocycles. The molecule has 6 nitrogen and oxygen atoms in total. The summed E-state index contributed by atoms with van der Waals surface area (Å²) in [5.74, 6) is 1.63. The van der Waals surface area contributed by atoms with Crippen molar-refractivity contribution in [2.75, 3.05) is 17.7 Å². The van der Waals surface area contributed by atoms with E-state index in [1.165, 1.54) is 0 Å². The molecule has 1 saturated carbocycles. The third-order valence-corrected chi connectivity index (χ3v) is 4.39. The normalized spacial score (nSPS) is 13.6. The number of fused-ring (bicyclic) bond motifs is 1. The summed E-state index contributed by atoms with van der Waals surface area (Å²) in [5.41, 5.74) is 1.85. The van der Waals surface area contributed by atoms with Crippen LogP contribution in [-0.4, -0.2) is 28.0 Å². The molecule has 0 bridgehead atoms. The highest BCUT2D eigenvalue weighted by molar-refractivity contribution is 6.03. The Morgan fingerprint density at radius 1 is 1.12 bits per heavy atom. The molecule has 1 amide bonds. The number of phenolic OH excluding ortho intramolecular Hbond substituents is 1. The molecule has 0 aliphatic heterocycles. The second kappa shape index (κ2) is 6.05. The fourth-order valence-corrected chi connectivity index (χ4v) is 2.85. The number of nitrogens with one attached hydrogen (secondary N) is 2. The summed E-state index contributed by atoms with van der Waals surface area (Å²) in [5, 5.41) is 17.3. The maximum absolute atomic E-state index is 12.0. The molecule has 0 radical (unpaired) electrons. The number of aromatic hydroxyl groups is 1. The lowest BCUT2D eigenvalue weighted by molar-refractivity contribution is -0.117. The molecule has 4 rings (SSSR count). The molecular formula is C19H18N4O2. The Kier molecular flexibility index (Phi) is 3.72. The molecule has 126 valence electrons. The largest absolute Gasteiger partial charge is 0.508 e. The zero-order valence-corrected chi connectivity index (χ0v) is 13.8. The van der Waals surface area contributed by atoms with Crippen molar-refractivity contribution in [1.29, 1.82) is 0 Å². The molecule has 0 unspecified atom stereocenters. The van der Waals surface area contributed by atoms with Crippen LogP contribution in [0.1, 0.15) is 12.8 Å². The highest BCUT2D eigenvalue weighted by Gasteiger charge is 2.29. The number of amides is 1. The molecule has 6 heteroatoms. The first-order valence-electron chi connectivity index (χ1n) is 8.22. The molecule has 1 aliphatic rings. The molecule has 25 heavy (non-hydrogen) atoms. The Morgan fingerprint density at radius 2 is 1.88 bits per heavy atom. The number of hydrogen-bond acceptors (Lipinski definition) is 5. The van der Waals surface area contributed by atoms with Gasteiger partial charge in [-0.25, -0.2) is 9.97 Å². The SMILES string of the molecule is CNc1ncc(-c2ccc(O)cc2)c2cc(NC(=O)C3CC3)ncc12. The number of hydrogen-bond donors (Lipinski definition) is 3. The van der Waals surface area contributed by atoms with Crippen LogP contribution < -0.4 is 10.6 Å². The molecule has 0 spiro atoms. The molecule has 1 aliphatic carbocycles. The minimum Gasteiger partial charge on any atom is -0.508 e. The summed E-state index contributed by atoms with van der Waals surface area (Å²) < 4.78 is 0. The van der Waals surface area contributed by atoms with Gasteiger partial charge in [-0.2, -0.15) is 0 Å². The summed E-state index contributed by atoms with van der Waals surface area (Å²) in [6.07, 6.45) is 5.41. The van der Waals surface area contributed by atoms with E-state index in [1.54, 1.807) is 24.5 Å². The van der Waals surface area contributed by atoms with Crippen LogP contribution in [0.25, 0.3) is 21.9 Å². The molecular weight excluding hydrogens is 316 g/mol. The number of aromatic nitrogens is 2. The minimum atomic E-state index is 0.0286. The maximum atomic E-state index is 12.0. The van der Waals surface area contributed by atoms with Gasteiger partial charge in [0.15, 0.2) is 0 Å². The predicted molar refractivity (Wildman–Crippen MR) is 97.5 cm³/mol. The Bertz CT molecular complexity index is 950. The molecule has 3 aromatic rings. The van der Waals surface area contributed by atoms with E-state index in [9.17, 15) is 9.90 Å². The van der Waals surface area contributed by atoms with Gasteiger partial charge in [-0.1, -0.05) is 12.1 Å². The van der Waals surface area contributed by atoms with Crippen LogP contribution in [0.5, 0.6) is 5.75 Å². The average Bonchev–Trinajstić information content (AvgIpc) is 3.47. The van der Waals surface area contributed by atoms with Crippen molar-refractivity contribution in [3.05, 3.63) is 42.7 Å². The summed E-state index contributed by atoms with van der Waals surface area (Å²) in [4.78, 5) is 20.8. The fraction of sp³-hybridized carbons (Fsp3) is 0.211. The first kappa shape index (κ1) is 15.4. The Labute approximate surface area is 144 Å². The van der Waals surface area contributed by atoms with Crippen molar-refractivity contribution < 1.29 is 9.90 Å². The van der Waals surface area contributed by atoms with E-state index < -0.39 is 0 Å². The van der Waals surface area contributed by atoms with Gasteiger partial charge in [-0.15, -0.1) is 0 Å². The van der Waals surface area contributed by atoms with E-state index in [0.717, 1.165) is 40.6 Å². The van der Waals surface area contributed by atoms with Gasteiger partial charge in [0, 0.05) is 36.3 Å². The second-order valence-corrected chi connectivity index (χ2v) is 6.20. The van der Waals surface area contributed by atoms with Crippen molar-refractivity contribution in [3.63, 3.8) is 0 Å². The maximum Gasteiger partial charge on any atom is 0.228 e. The lowest BCUT2D eigenvalue weighted by Crippen LogP contribution is -2.14. The lowest BCUT2D eigenvalue weighted by atomic mass is 10.0. The lowest BCUT2D eigenvalue weighted by Gasteiger charge is -2.12. The Morgan fingerprint density at radius 3 is 2.56 bits per heavy atom. The van der Waals surface area contributed by atoms with E-state index in [1.807, 2.05) is 25.2 Å². The standard InChI is InChI=1S/C19H18N4O2/c1-20-18-16-10-21-17(23-19(25)12-2-3-12)8-14(16)15(9-22-18)11-4-6-13(24)7-5-11/h4-10,12,24H,2-3H2,1H3,(H,20,22)(H,21,23,25). The van der Waals surface area contributed by atoms with E-state index in [0.29, 0.717) is 5.82 Å². The van der Waals surface area contributed by atoms with Crippen LogP contribution in [-0.2, 0) is 4.79 Å². The highest BCUT2D eigenvalue weighted by atomic mass is 16.3. The van der Waals surface area contributed by atoms with Crippen molar-refractivity contribution in [3.8, 4) is 16.9 Å². The molecule has 2 heterocycles. The van der Waals surface area contributed by atoms with E-state index >= 15 is 0 Å². The average molecular weight is 334 g/mol. The van der Waals surface area contributed by atoms with Gasteiger partial charge in [0.25, 0.3) is 0 Å². The van der Waals surface area contributed by atoms with Gasteiger partial charge in [0.2, 0.25) is 5.91 Å². The van der Waals surface area contributed by atoms with Crippen LogP contribution in [0, 0.1) is 5.92 Å². The number of phenols is 1. The number of pyridine rings is 2. The van der Waals surface area contributed by atoms with Crippen LogP contribution in [0.4, 0.5) is 11.6 Å². The third-order valence-electron chi connectivity index (χ3n) is 4.39. The van der Waals surface area contributed by atoms with Crippen molar-refractivity contribution in [2.24, 2.45) is 5.92 Å². The Balaban J connectivity index is 1.83. The number of rotatable bonds is 4. The first-order chi connectivity index (χ1) is 12.2. The van der Waals surface area contributed by atoms with Gasteiger partial charge in [-0.05, 0) is 42.0 Å². The van der Waals surface area contributed by atoms with E-state index in [-0.39, 0.29) is 17.6 Å². The van der Waals surface area contributed by atoms with Gasteiger partial charge >= 0.3 is 0 Å².